The van der Waals surface area contributed by atoms with Gasteiger partial charge in [-0.05, 0) is 31.0 Å². The second-order valence-corrected chi connectivity index (χ2v) is 6.32. The van der Waals surface area contributed by atoms with Crippen molar-refractivity contribution in [2.45, 2.75) is 30.3 Å². The average molecular weight is 330 g/mol. The largest absolute Gasteiger partial charge is 0.416 e. The first kappa shape index (κ1) is 17.3. The Hall–Kier alpha value is -0.790. The minimum atomic E-state index is -4.56. The van der Waals surface area contributed by atoms with Gasteiger partial charge in [-0.2, -0.15) is 13.2 Å². The predicted octanol–water partition coefficient (Wildman–Crippen LogP) is 3.39. The molecule has 0 saturated heterocycles. The lowest BCUT2D eigenvalue weighted by atomic mass is 10.2. The molecule has 0 atom stereocenters. The Balaban J connectivity index is 2.73. The molecule has 0 aliphatic carbocycles. The van der Waals surface area contributed by atoms with Gasteiger partial charge in [0.05, 0.1) is 10.5 Å². The summed E-state index contributed by atoms with van der Waals surface area (Å²) in [6.45, 7) is 0.176. The Morgan fingerprint density at radius 1 is 1.15 bits per heavy atom. The van der Waals surface area contributed by atoms with Gasteiger partial charge in [0.25, 0.3) is 0 Å². The second kappa shape index (κ2) is 7.28. The molecule has 0 heterocycles. The molecule has 0 bridgehead atoms. The minimum absolute atomic E-state index is 0.176. The molecule has 0 aliphatic heterocycles. The van der Waals surface area contributed by atoms with Crippen LogP contribution in [0.1, 0.15) is 24.8 Å². The van der Waals surface area contributed by atoms with Crippen molar-refractivity contribution in [3.8, 4) is 0 Å². The lowest BCUT2D eigenvalue weighted by Crippen LogP contribution is -2.25. The Bertz CT molecular complexity index is 532. The van der Waals surface area contributed by atoms with Gasteiger partial charge in [-0.1, -0.05) is 12.5 Å². The summed E-state index contributed by atoms with van der Waals surface area (Å²) in [6, 6.07) is 3.67. The molecule has 0 saturated carbocycles. The van der Waals surface area contributed by atoms with E-state index in [2.05, 4.69) is 4.72 Å². The number of hydrogen-bond acceptors (Lipinski definition) is 2. The number of hydrogen-bond donors (Lipinski definition) is 1. The monoisotopic (exact) mass is 329 g/mol. The van der Waals surface area contributed by atoms with E-state index >= 15 is 0 Å². The molecule has 0 aromatic heterocycles. The van der Waals surface area contributed by atoms with Gasteiger partial charge in [-0.15, -0.1) is 11.6 Å². The molecule has 1 aromatic rings. The van der Waals surface area contributed by atoms with Crippen LogP contribution in [0.25, 0.3) is 0 Å². The Labute approximate surface area is 121 Å². The van der Waals surface area contributed by atoms with E-state index in [1.165, 1.54) is 0 Å². The maximum absolute atomic E-state index is 12.5. The van der Waals surface area contributed by atoms with E-state index in [1.807, 2.05) is 0 Å². The maximum Gasteiger partial charge on any atom is 0.416 e. The average Bonchev–Trinajstić information content (AvgIpc) is 2.37. The van der Waals surface area contributed by atoms with Crippen LogP contribution in [0.3, 0.4) is 0 Å². The number of sulfonamides is 1. The van der Waals surface area contributed by atoms with Crippen LogP contribution in [0, 0.1) is 0 Å². The Morgan fingerprint density at radius 3 is 2.45 bits per heavy atom. The molecule has 1 N–H and O–H groups in total. The van der Waals surface area contributed by atoms with Crippen molar-refractivity contribution < 1.29 is 21.6 Å². The van der Waals surface area contributed by atoms with E-state index in [-0.39, 0.29) is 11.4 Å². The van der Waals surface area contributed by atoms with Crippen LogP contribution in [-0.4, -0.2) is 20.8 Å². The lowest BCUT2D eigenvalue weighted by molar-refractivity contribution is -0.137. The van der Waals surface area contributed by atoms with Crippen LogP contribution < -0.4 is 4.72 Å². The van der Waals surface area contributed by atoms with Gasteiger partial charge in [0.2, 0.25) is 10.0 Å². The first-order chi connectivity index (χ1) is 9.27. The van der Waals surface area contributed by atoms with E-state index in [4.69, 9.17) is 11.6 Å². The summed E-state index contributed by atoms with van der Waals surface area (Å²) >= 11 is 5.48. The van der Waals surface area contributed by atoms with E-state index in [9.17, 15) is 21.6 Å². The molecule has 0 radical (unpaired) electrons. The zero-order chi connectivity index (χ0) is 15.2. The summed E-state index contributed by atoms with van der Waals surface area (Å²) in [7, 11) is -3.91. The van der Waals surface area contributed by atoms with Gasteiger partial charge in [0, 0.05) is 12.4 Å². The van der Waals surface area contributed by atoms with Crippen molar-refractivity contribution in [1.29, 1.82) is 0 Å². The van der Waals surface area contributed by atoms with E-state index < -0.39 is 21.8 Å². The number of rotatable bonds is 7. The molecule has 114 valence electrons. The SMILES string of the molecule is O=S(=O)(NCCCCCCl)c1cccc(C(F)(F)F)c1. The van der Waals surface area contributed by atoms with Gasteiger partial charge >= 0.3 is 6.18 Å². The van der Waals surface area contributed by atoms with Crippen LogP contribution in [-0.2, 0) is 16.2 Å². The molecule has 8 heteroatoms. The van der Waals surface area contributed by atoms with Crippen molar-refractivity contribution >= 4 is 21.6 Å². The van der Waals surface area contributed by atoms with E-state index in [0.717, 1.165) is 31.0 Å². The summed E-state index contributed by atoms with van der Waals surface area (Å²) in [6.07, 6.45) is -2.45. The highest BCUT2D eigenvalue weighted by molar-refractivity contribution is 7.89. The van der Waals surface area contributed by atoms with Crippen LogP contribution in [0.5, 0.6) is 0 Å². The third kappa shape index (κ3) is 5.30. The molecular weight excluding hydrogens is 315 g/mol. The first-order valence-electron chi connectivity index (χ1n) is 6.00. The predicted molar refractivity (Wildman–Crippen MR) is 71.2 cm³/mol. The Kier molecular flexibility index (Phi) is 6.29. The van der Waals surface area contributed by atoms with Crippen molar-refractivity contribution in [2.75, 3.05) is 12.4 Å². The molecule has 0 spiro atoms. The second-order valence-electron chi connectivity index (χ2n) is 4.17. The molecule has 0 fully saturated rings. The lowest BCUT2D eigenvalue weighted by Gasteiger charge is -2.10. The minimum Gasteiger partial charge on any atom is -0.211 e. The summed E-state index contributed by atoms with van der Waals surface area (Å²) < 4.78 is 63.5. The summed E-state index contributed by atoms with van der Waals surface area (Å²) in [5.74, 6) is 0.500. The fraction of sp³-hybridized carbons (Fsp3) is 0.500. The highest BCUT2D eigenvalue weighted by atomic mass is 35.5. The smallest absolute Gasteiger partial charge is 0.211 e. The van der Waals surface area contributed by atoms with E-state index in [1.54, 1.807) is 0 Å². The zero-order valence-electron chi connectivity index (χ0n) is 10.6. The summed E-state index contributed by atoms with van der Waals surface area (Å²) in [5, 5.41) is 0. The van der Waals surface area contributed by atoms with Crippen molar-refractivity contribution in [3.05, 3.63) is 29.8 Å². The fourth-order valence-corrected chi connectivity index (χ4v) is 2.83. The summed E-state index contributed by atoms with van der Waals surface area (Å²) in [4.78, 5) is -0.385. The number of halogens is 4. The van der Waals surface area contributed by atoms with Gasteiger partial charge in [0.15, 0.2) is 0 Å². The number of nitrogens with one attached hydrogen (secondary N) is 1. The standard InChI is InChI=1S/C12H15ClF3NO2S/c13-7-2-1-3-8-17-20(18,19)11-6-4-5-10(9-11)12(14,15)16/h4-6,9,17H,1-3,7-8H2. The van der Waals surface area contributed by atoms with Crippen molar-refractivity contribution in [3.63, 3.8) is 0 Å². The topological polar surface area (TPSA) is 46.2 Å². The molecule has 3 nitrogen and oxygen atoms in total. The van der Waals surface area contributed by atoms with Crippen molar-refractivity contribution in [1.82, 2.24) is 4.72 Å². The summed E-state index contributed by atoms with van der Waals surface area (Å²) in [5.41, 5.74) is -0.984. The fourth-order valence-electron chi connectivity index (χ4n) is 1.53. The van der Waals surface area contributed by atoms with Crippen LogP contribution in [0.2, 0.25) is 0 Å². The van der Waals surface area contributed by atoms with Gasteiger partial charge < -0.3 is 0 Å². The molecule has 1 aromatic carbocycles. The molecule has 0 unspecified atom stereocenters. The third-order valence-corrected chi connectivity index (χ3v) is 4.30. The molecule has 1 rings (SSSR count). The third-order valence-electron chi connectivity index (χ3n) is 2.57. The molecule has 20 heavy (non-hydrogen) atoms. The zero-order valence-corrected chi connectivity index (χ0v) is 12.2. The van der Waals surface area contributed by atoms with Crippen LogP contribution in [0.4, 0.5) is 13.2 Å². The number of alkyl halides is 4. The van der Waals surface area contributed by atoms with Gasteiger partial charge in [-0.25, -0.2) is 13.1 Å². The van der Waals surface area contributed by atoms with Crippen LogP contribution >= 0.6 is 11.6 Å². The molecule has 0 amide bonds. The first-order valence-corrected chi connectivity index (χ1v) is 8.02. The molecular formula is C12H15ClF3NO2S. The maximum atomic E-state index is 12.5. The van der Waals surface area contributed by atoms with Crippen LogP contribution in [0.15, 0.2) is 29.2 Å². The highest BCUT2D eigenvalue weighted by Crippen LogP contribution is 2.30. The normalized spacial score (nSPS) is 12.6. The van der Waals surface area contributed by atoms with Gasteiger partial charge in [-0.3, -0.25) is 0 Å². The van der Waals surface area contributed by atoms with Crippen molar-refractivity contribution in [2.24, 2.45) is 0 Å². The number of benzene rings is 1. The Morgan fingerprint density at radius 2 is 1.85 bits per heavy atom. The van der Waals surface area contributed by atoms with Gasteiger partial charge in [0.1, 0.15) is 0 Å². The highest BCUT2D eigenvalue weighted by Gasteiger charge is 2.31. The van der Waals surface area contributed by atoms with E-state index in [0.29, 0.717) is 18.4 Å². The molecule has 0 aliphatic rings. The quantitative estimate of drug-likeness (QED) is 0.615. The number of unbranched alkanes of at least 4 members (excludes halogenated alkanes) is 2.